The van der Waals surface area contributed by atoms with Crippen molar-refractivity contribution in [3.8, 4) is 34.1 Å². The maximum atomic E-state index is 14.1. The molecule has 0 atom stereocenters. The number of halogens is 15. The van der Waals surface area contributed by atoms with Gasteiger partial charge in [-0.2, -0.15) is 65.9 Å². The molecule has 316 valence electrons. The van der Waals surface area contributed by atoms with Crippen molar-refractivity contribution in [1.29, 1.82) is 0 Å². The van der Waals surface area contributed by atoms with Gasteiger partial charge in [-0.15, -0.1) is 0 Å². The van der Waals surface area contributed by atoms with Gasteiger partial charge in [-0.25, -0.2) is 0 Å². The Morgan fingerprint density at radius 1 is 0.482 bits per heavy atom. The summed E-state index contributed by atoms with van der Waals surface area (Å²) in [4.78, 5) is 0. The summed E-state index contributed by atoms with van der Waals surface area (Å²) in [5.41, 5.74) is 1.46. The Labute approximate surface area is 312 Å². The third-order valence-corrected chi connectivity index (χ3v) is 8.86. The Balaban J connectivity index is 1.48. The van der Waals surface area contributed by atoms with Crippen molar-refractivity contribution in [1.82, 2.24) is 5.16 Å². The second-order valence-corrected chi connectivity index (χ2v) is 13.2. The highest BCUT2D eigenvalue weighted by Crippen LogP contribution is 2.62. The molecule has 56 heavy (non-hydrogen) atoms. The van der Waals surface area contributed by atoms with Crippen LogP contribution in [0.5, 0.6) is 11.5 Å². The van der Waals surface area contributed by atoms with Gasteiger partial charge in [-0.3, -0.25) is 0 Å². The molecule has 0 amide bonds. The third-order valence-electron chi connectivity index (χ3n) is 8.86. The molecule has 0 aliphatic heterocycles. The molecular formula is C37H40F15NO3. The van der Waals surface area contributed by atoms with Crippen molar-refractivity contribution in [3.05, 3.63) is 54.6 Å². The predicted molar refractivity (Wildman–Crippen MR) is 175 cm³/mol. The maximum absolute atomic E-state index is 14.1. The molecule has 0 N–H and O–H groups in total. The molecule has 4 nitrogen and oxygen atoms in total. The van der Waals surface area contributed by atoms with E-state index in [1.165, 1.54) is 75.6 Å². The minimum atomic E-state index is -8.31. The van der Waals surface area contributed by atoms with Crippen molar-refractivity contribution in [2.45, 2.75) is 126 Å². The van der Waals surface area contributed by atoms with Gasteiger partial charge in [-0.05, 0) is 61.4 Å². The van der Waals surface area contributed by atoms with Crippen LogP contribution in [0.1, 0.15) is 84.0 Å². The van der Waals surface area contributed by atoms with E-state index in [4.69, 9.17) is 14.0 Å². The van der Waals surface area contributed by atoms with E-state index < -0.39 is 61.2 Å². The zero-order chi connectivity index (χ0) is 42.1. The lowest BCUT2D eigenvalue weighted by Gasteiger charge is -2.41. The molecule has 0 unspecified atom stereocenters. The number of rotatable bonds is 24. The van der Waals surface area contributed by atoms with Gasteiger partial charge in [-0.1, -0.05) is 69.9 Å². The number of aromatic nitrogens is 1. The van der Waals surface area contributed by atoms with Crippen molar-refractivity contribution in [2.24, 2.45) is 0 Å². The predicted octanol–water partition coefficient (Wildman–Crippen LogP) is 13.8. The number of nitrogens with zero attached hydrogens (tertiary/aromatic N) is 1. The summed E-state index contributed by atoms with van der Waals surface area (Å²) in [6.07, 6.45) is 0.629. The van der Waals surface area contributed by atoms with E-state index in [9.17, 15) is 65.9 Å². The Kier molecular flexibility index (Phi) is 15.5. The number of benzene rings is 2. The lowest BCUT2D eigenvalue weighted by atomic mass is 9.90. The largest absolute Gasteiger partial charge is 0.494 e. The summed E-state index contributed by atoms with van der Waals surface area (Å²) < 4.78 is 217. The number of hydrogen-bond donors (Lipinski definition) is 0. The quantitative estimate of drug-likeness (QED) is 0.0666. The highest BCUT2D eigenvalue weighted by molar-refractivity contribution is 5.67. The maximum Gasteiger partial charge on any atom is 0.460 e. The highest BCUT2D eigenvalue weighted by atomic mass is 19.4. The molecule has 0 bridgehead atoms. The van der Waals surface area contributed by atoms with Crippen LogP contribution in [-0.4, -0.2) is 60.1 Å². The Bertz CT molecular complexity index is 1620. The number of hydrogen-bond acceptors (Lipinski definition) is 4. The first-order valence-electron chi connectivity index (χ1n) is 17.7. The van der Waals surface area contributed by atoms with Crippen molar-refractivity contribution < 1.29 is 79.9 Å². The second-order valence-electron chi connectivity index (χ2n) is 13.2. The van der Waals surface area contributed by atoms with Gasteiger partial charge >= 0.3 is 41.7 Å². The molecule has 0 radical (unpaired) electrons. The molecule has 1 heterocycles. The molecule has 3 rings (SSSR count). The van der Waals surface area contributed by atoms with E-state index in [-0.39, 0.29) is 5.75 Å². The summed E-state index contributed by atoms with van der Waals surface area (Å²) in [6, 6.07) is 14.0. The van der Waals surface area contributed by atoms with E-state index in [1.807, 2.05) is 0 Å². The standard InChI is InChI=1S/C37H40F15NO3/c1-2-3-4-5-6-7-8-9-10-11-22-54-28-19-15-26(16-20-28)30-24-29(53-56-30)25-13-17-27(18-14-25)55-23-12-21-31(38,39)32(40,41)33(42,43)34(44,45)35(46,47)36(48,49)37(50,51)52/h13-20,24H,2-12,21-23H2,1H3. The fourth-order valence-corrected chi connectivity index (χ4v) is 5.40. The van der Waals surface area contributed by atoms with Crippen LogP contribution < -0.4 is 9.47 Å². The van der Waals surface area contributed by atoms with Crippen LogP contribution in [0.4, 0.5) is 65.9 Å². The number of unbranched alkanes of at least 4 members (excludes halogenated alkanes) is 9. The van der Waals surface area contributed by atoms with Gasteiger partial charge in [0.15, 0.2) is 5.76 Å². The Morgan fingerprint density at radius 2 is 0.893 bits per heavy atom. The first-order chi connectivity index (χ1) is 25.9. The topological polar surface area (TPSA) is 44.5 Å². The Hall–Kier alpha value is -3.80. The van der Waals surface area contributed by atoms with Gasteiger partial charge in [0.1, 0.15) is 17.2 Å². The number of alkyl halides is 15. The van der Waals surface area contributed by atoms with Gasteiger partial charge in [0.25, 0.3) is 0 Å². The highest BCUT2D eigenvalue weighted by Gasteiger charge is 2.93. The van der Waals surface area contributed by atoms with E-state index in [1.54, 1.807) is 30.3 Å². The third kappa shape index (κ3) is 10.4. The van der Waals surface area contributed by atoms with E-state index >= 15 is 0 Å². The minimum absolute atomic E-state index is 0.105. The molecule has 3 aromatic rings. The Morgan fingerprint density at radius 3 is 1.38 bits per heavy atom. The number of ether oxygens (including phenoxy) is 2. The zero-order valence-electron chi connectivity index (χ0n) is 29.9. The molecule has 0 saturated heterocycles. The van der Waals surface area contributed by atoms with Crippen LogP contribution in [0.3, 0.4) is 0 Å². The van der Waals surface area contributed by atoms with E-state index in [2.05, 4.69) is 12.1 Å². The smallest absolute Gasteiger partial charge is 0.460 e. The fourth-order valence-electron chi connectivity index (χ4n) is 5.40. The summed E-state index contributed by atoms with van der Waals surface area (Å²) in [6.45, 7) is 1.81. The van der Waals surface area contributed by atoms with Crippen LogP contribution in [0.25, 0.3) is 22.6 Å². The lowest BCUT2D eigenvalue weighted by molar-refractivity contribution is -0.452. The summed E-state index contributed by atoms with van der Waals surface area (Å²) in [7, 11) is 0. The van der Waals surface area contributed by atoms with Gasteiger partial charge in [0.2, 0.25) is 0 Å². The normalized spacial score (nSPS) is 13.6. The average molecular weight is 832 g/mol. The molecule has 19 heteroatoms. The molecular weight excluding hydrogens is 791 g/mol. The summed E-state index contributed by atoms with van der Waals surface area (Å²) >= 11 is 0. The van der Waals surface area contributed by atoms with Gasteiger partial charge in [0.05, 0.1) is 13.2 Å². The molecule has 0 spiro atoms. The molecule has 0 aliphatic rings. The van der Waals surface area contributed by atoms with E-state index in [0.29, 0.717) is 34.9 Å². The van der Waals surface area contributed by atoms with Gasteiger partial charge in [0, 0.05) is 23.6 Å². The van der Waals surface area contributed by atoms with Crippen molar-refractivity contribution >= 4 is 0 Å². The molecule has 0 aliphatic carbocycles. The van der Waals surface area contributed by atoms with Crippen LogP contribution in [0, 0.1) is 0 Å². The molecule has 0 fully saturated rings. The molecule has 1 aromatic heterocycles. The van der Waals surface area contributed by atoms with Gasteiger partial charge < -0.3 is 14.0 Å². The monoisotopic (exact) mass is 831 g/mol. The first-order valence-corrected chi connectivity index (χ1v) is 17.7. The molecule has 2 aromatic carbocycles. The SMILES string of the molecule is CCCCCCCCCCCCOc1ccc(-c2cc(-c3ccc(OCCCC(F)(F)C(F)(F)C(F)(F)C(F)(F)C(F)(F)C(F)(F)C(F)(F)F)cc3)no2)cc1. The average Bonchev–Trinajstić information content (AvgIpc) is 3.62. The summed E-state index contributed by atoms with van der Waals surface area (Å²) in [5, 5.41) is 3.97. The lowest BCUT2D eigenvalue weighted by Crippen LogP contribution is -2.72. The zero-order valence-corrected chi connectivity index (χ0v) is 29.9. The van der Waals surface area contributed by atoms with E-state index in [0.717, 1.165) is 12.8 Å². The molecule has 0 saturated carbocycles. The van der Waals surface area contributed by atoms with Crippen LogP contribution in [0.2, 0.25) is 0 Å². The minimum Gasteiger partial charge on any atom is -0.494 e. The fraction of sp³-hybridized carbons (Fsp3) is 0.595. The second kappa shape index (κ2) is 18.6. The van der Waals surface area contributed by atoms with Crippen LogP contribution >= 0.6 is 0 Å². The van der Waals surface area contributed by atoms with Crippen LogP contribution in [-0.2, 0) is 0 Å². The van der Waals surface area contributed by atoms with Crippen molar-refractivity contribution in [3.63, 3.8) is 0 Å². The summed E-state index contributed by atoms with van der Waals surface area (Å²) in [5.74, 6) is -45.6. The van der Waals surface area contributed by atoms with Crippen LogP contribution in [0.15, 0.2) is 59.1 Å². The first kappa shape index (κ1) is 46.6. The van der Waals surface area contributed by atoms with Crippen molar-refractivity contribution in [2.75, 3.05) is 13.2 Å².